The van der Waals surface area contributed by atoms with Gasteiger partial charge in [0.1, 0.15) is 0 Å². The van der Waals surface area contributed by atoms with Crippen LogP contribution in [0.4, 0.5) is 0 Å². The molecule has 213 valence electrons. The molecule has 0 saturated carbocycles. The second-order valence-electron chi connectivity index (χ2n) is 11.5. The molecule has 6 rings (SSSR count). The third-order valence-electron chi connectivity index (χ3n) is 7.38. The van der Waals surface area contributed by atoms with Gasteiger partial charge in [-0.1, -0.05) is 76.6 Å². The summed E-state index contributed by atoms with van der Waals surface area (Å²) in [5.74, 6) is 0.0573. The molecule has 0 bridgehead atoms. The van der Waals surface area contributed by atoms with E-state index in [4.69, 9.17) is 4.98 Å². The topological polar surface area (TPSA) is 44.1 Å². The van der Waals surface area contributed by atoms with Crippen LogP contribution in [0, 0.1) is 19.9 Å². The van der Waals surface area contributed by atoms with E-state index in [2.05, 4.69) is 99.7 Å². The Morgan fingerprint density at radius 2 is 1.73 bits per heavy atom. The zero-order valence-electron chi connectivity index (χ0n) is 25.0. The van der Waals surface area contributed by atoms with Crippen LogP contribution >= 0.6 is 11.3 Å². The molecule has 3 nitrogen and oxygen atoms in total. The second kappa shape index (κ2) is 12.0. The van der Waals surface area contributed by atoms with E-state index in [1.165, 1.54) is 55.1 Å². The van der Waals surface area contributed by atoms with Crippen molar-refractivity contribution in [2.24, 2.45) is 0 Å². The average molecular weight is 737 g/mol. The standard InChI is InChI=1S/C28H22NS.C8H15NO.Ir/c1-16-14-17(2)18-12-13-22(29-23(18)15-16)19-9-7-10-21-25(19)28(3,4)26-20-8-5-6-11-24(20)30-27(21)26;1-6(2)9-7(3)5-8(4)10;/h5-8,10-15H,1-4H3;5-6H,1-4H3,(H,9,10);/q-1;;/p-1. The average Bonchev–Trinajstić information content (AvgIpc) is 3.37. The number of fused-ring (bicyclic) bond motifs is 6. The van der Waals surface area contributed by atoms with E-state index in [0.717, 1.165) is 22.5 Å². The summed E-state index contributed by atoms with van der Waals surface area (Å²) in [7, 11) is 0. The Hall–Kier alpha value is -3.11. The van der Waals surface area contributed by atoms with Gasteiger partial charge < -0.3 is 5.32 Å². The number of hydrogen-bond donors (Lipinski definition) is 0. The summed E-state index contributed by atoms with van der Waals surface area (Å²) < 4.78 is 1.37. The number of allylic oxidation sites excluding steroid dienone is 2. The summed E-state index contributed by atoms with van der Waals surface area (Å²) in [5.41, 5.74) is 10.6. The van der Waals surface area contributed by atoms with Crippen LogP contribution in [0.3, 0.4) is 0 Å². The van der Waals surface area contributed by atoms with Crippen LogP contribution in [0.1, 0.15) is 63.8 Å². The number of carbonyl (C=O) groups excluding carboxylic acids is 1. The molecule has 0 amide bonds. The SMILES string of the molecule is CC(=O)/C=C(/C)[N-]C(C)C.Cc1cc(C)c2ccc(-c3[c-]ccc4c3C(C)(C)c3c-4sc4ccccc34)nc2c1.[Ir]. The van der Waals surface area contributed by atoms with Crippen molar-refractivity contribution in [1.29, 1.82) is 0 Å². The number of hydrogen-bond acceptors (Lipinski definition) is 3. The van der Waals surface area contributed by atoms with E-state index in [1.54, 1.807) is 6.08 Å². The molecule has 5 aromatic rings. The first-order valence-electron chi connectivity index (χ1n) is 13.8. The minimum atomic E-state index is -0.0868. The van der Waals surface area contributed by atoms with E-state index in [0.29, 0.717) is 0 Å². The zero-order chi connectivity index (χ0) is 28.8. The maximum absolute atomic E-state index is 10.5. The minimum absolute atomic E-state index is 0. The molecule has 1 radical (unpaired) electrons. The third-order valence-corrected chi connectivity index (χ3v) is 8.58. The Balaban J connectivity index is 0.000000306. The largest absolute Gasteiger partial charge is 0.686 e. The van der Waals surface area contributed by atoms with Crippen molar-refractivity contribution < 1.29 is 24.9 Å². The van der Waals surface area contributed by atoms with Gasteiger partial charge >= 0.3 is 0 Å². The van der Waals surface area contributed by atoms with Crippen molar-refractivity contribution in [3.05, 3.63) is 106 Å². The van der Waals surface area contributed by atoms with Crippen molar-refractivity contribution in [3.63, 3.8) is 0 Å². The number of nitrogens with zero attached hydrogens (tertiary/aromatic N) is 2. The van der Waals surface area contributed by atoms with Gasteiger partial charge in [0, 0.05) is 35.1 Å². The Kier molecular flexibility index (Phi) is 9.04. The molecular weight excluding hydrogens is 701 g/mol. The minimum Gasteiger partial charge on any atom is -0.686 e. The van der Waals surface area contributed by atoms with E-state index < -0.39 is 0 Å². The second-order valence-corrected chi connectivity index (χ2v) is 12.6. The van der Waals surface area contributed by atoms with Gasteiger partial charge in [-0.05, 0) is 72.2 Å². The van der Waals surface area contributed by atoms with Gasteiger partial charge in [0.05, 0.1) is 5.52 Å². The summed E-state index contributed by atoms with van der Waals surface area (Å²) in [5, 5.41) is 6.76. The van der Waals surface area contributed by atoms with Crippen molar-refractivity contribution in [2.75, 3.05) is 0 Å². The molecule has 0 spiro atoms. The fraction of sp³-hybridized carbons (Fsp3) is 0.278. The van der Waals surface area contributed by atoms with Crippen LogP contribution in [0.15, 0.2) is 72.4 Å². The summed E-state index contributed by atoms with van der Waals surface area (Å²) in [4.78, 5) is 17.0. The Labute approximate surface area is 261 Å². The summed E-state index contributed by atoms with van der Waals surface area (Å²) in [6.45, 7) is 16.3. The number of aryl methyl sites for hydroxylation is 2. The summed E-state index contributed by atoms with van der Waals surface area (Å²) in [6, 6.07) is 25.7. The molecule has 0 fully saturated rings. The number of pyridine rings is 1. The molecule has 0 saturated heterocycles. The van der Waals surface area contributed by atoms with Crippen molar-refractivity contribution in [3.8, 4) is 21.7 Å². The predicted octanol–water partition coefficient (Wildman–Crippen LogP) is 10.1. The molecule has 0 unspecified atom stereocenters. The molecule has 3 aromatic carbocycles. The van der Waals surface area contributed by atoms with Crippen LogP contribution in [0.2, 0.25) is 0 Å². The molecule has 1 aliphatic carbocycles. The first-order valence-corrected chi connectivity index (χ1v) is 14.6. The fourth-order valence-electron chi connectivity index (χ4n) is 5.99. The molecule has 2 aromatic heterocycles. The zero-order valence-corrected chi connectivity index (χ0v) is 28.2. The number of rotatable bonds is 4. The quantitative estimate of drug-likeness (QED) is 0.136. The fourth-order valence-corrected chi connectivity index (χ4v) is 7.39. The maximum Gasteiger partial charge on any atom is 0.151 e. The van der Waals surface area contributed by atoms with E-state index in [9.17, 15) is 4.79 Å². The van der Waals surface area contributed by atoms with E-state index in [1.807, 2.05) is 32.1 Å². The van der Waals surface area contributed by atoms with Gasteiger partial charge in [-0.2, -0.15) is 5.70 Å². The van der Waals surface area contributed by atoms with Crippen LogP contribution in [0.25, 0.3) is 48.0 Å². The number of benzene rings is 3. The molecular formula is C36H36IrN2OS-2. The molecule has 5 heteroatoms. The van der Waals surface area contributed by atoms with Crippen molar-refractivity contribution >= 4 is 38.1 Å². The Morgan fingerprint density at radius 3 is 2.44 bits per heavy atom. The maximum atomic E-state index is 10.5. The van der Waals surface area contributed by atoms with Crippen LogP contribution in [-0.4, -0.2) is 16.8 Å². The normalized spacial score (nSPS) is 13.3. The summed E-state index contributed by atoms with van der Waals surface area (Å²) in [6.07, 6.45) is 1.54. The van der Waals surface area contributed by atoms with Gasteiger partial charge in [-0.15, -0.1) is 46.7 Å². The molecule has 0 aliphatic heterocycles. The number of thiophene rings is 1. The monoisotopic (exact) mass is 737 g/mol. The Bertz CT molecular complexity index is 1800. The van der Waals surface area contributed by atoms with Gasteiger partial charge in [0.2, 0.25) is 0 Å². The first kappa shape index (κ1) is 30.8. The van der Waals surface area contributed by atoms with Crippen molar-refractivity contribution in [2.45, 2.75) is 66.8 Å². The van der Waals surface area contributed by atoms with Crippen LogP contribution in [0.5, 0.6) is 0 Å². The molecule has 41 heavy (non-hydrogen) atoms. The van der Waals surface area contributed by atoms with E-state index >= 15 is 0 Å². The van der Waals surface area contributed by atoms with E-state index in [-0.39, 0.29) is 37.3 Å². The molecule has 0 atom stereocenters. The van der Waals surface area contributed by atoms with Crippen molar-refractivity contribution in [1.82, 2.24) is 4.98 Å². The molecule has 1 aliphatic rings. The molecule has 2 heterocycles. The number of carbonyl (C=O) groups is 1. The third kappa shape index (κ3) is 5.95. The predicted molar refractivity (Wildman–Crippen MR) is 171 cm³/mol. The summed E-state index contributed by atoms with van der Waals surface area (Å²) >= 11 is 1.91. The number of ketones is 1. The van der Waals surface area contributed by atoms with Crippen LogP contribution in [-0.2, 0) is 30.3 Å². The van der Waals surface area contributed by atoms with Gasteiger partial charge in [-0.3, -0.25) is 9.78 Å². The smallest absolute Gasteiger partial charge is 0.151 e. The van der Waals surface area contributed by atoms with Gasteiger partial charge in [0.15, 0.2) is 5.78 Å². The molecule has 0 N–H and O–H groups in total. The Morgan fingerprint density at radius 1 is 1.00 bits per heavy atom. The van der Waals surface area contributed by atoms with Crippen LogP contribution < -0.4 is 0 Å². The van der Waals surface area contributed by atoms with Gasteiger partial charge in [0.25, 0.3) is 0 Å². The number of aromatic nitrogens is 1. The van der Waals surface area contributed by atoms with Gasteiger partial charge in [-0.25, -0.2) is 0 Å². The first-order chi connectivity index (χ1) is 19.0.